The Morgan fingerprint density at radius 2 is 1.76 bits per heavy atom. The highest BCUT2D eigenvalue weighted by Crippen LogP contribution is 2.00. The number of carbonyl (C=O) groups excluding carboxylic acids is 4. The Morgan fingerprint density at radius 3 is 2.31 bits per heavy atom. The zero-order valence-corrected chi connectivity index (χ0v) is 16.1. The number of pyridine rings is 1. The highest BCUT2D eigenvalue weighted by molar-refractivity contribution is 5.93. The van der Waals surface area contributed by atoms with Crippen molar-refractivity contribution in [2.75, 3.05) is 13.1 Å². The Hall–Kier alpha value is -3.33. The van der Waals surface area contributed by atoms with Crippen LogP contribution in [-0.2, 0) is 14.4 Å². The molecule has 1 rings (SSSR count). The van der Waals surface area contributed by atoms with Crippen LogP contribution in [0, 0.1) is 5.95 Å². The third-order valence-corrected chi connectivity index (χ3v) is 3.58. The quantitative estimate of drug-likeness (QED) is 0.314. The predicted octanol–water partition coefficient (Wildman–Crippen LogP) is 1.09. The van der Waals surface area contributed by atoms with Gasteiger partial charge in [0.1, 0.15) is 0 Å². The summed E-state index contributed by atoms with van der Waals surface area (Å²) in [5.41, 5.74) is 0.307. The van der Waals surface area contributed by atoms with Crippen LogP contribution >= 0.6 is 0 Å². The first-order valence-electron chi connectivity index (χ1n) is 8.95. The number of aromatic nitrogens is 1. The van der Waals surface area contributed by atoms with E-state index in [1.165, 1.54) is 12.3 Å². The standard InChI is InChI=1S/C17H25FN4O4.CO2/c1-12(5-8-15(23)24)22-17(26)20-10-4-2-3-9-19-16(25)13-6-7-14(18)21-11-13;2-1-3/h6-7,11-12H,2-5,8-10H2,1H3,(H,19,25)(H,23,24)(H2,20,22,26);/i18-1;. The first-order chi connectivity index (χ1) is 13.8. The van der Waals surface area contributed by atoms with E-state index < -0.39 is 11.9 Å². The molecule has 0 aromatic carbocycles. The minimum Gasteiger partial charge on any atom is -0.481 e. The van der Waals surface area contributed by atoms with Gasteiger partial charge in [-0.15, -0.1) is 0 Å². The molecule has 11 heteroatoms. The van der Waals surface area contributed by atoms with Gasteiger partial charge in [0.15, 0.2) is 0 Å². The number of unbranched alkanes of at least 4 members (excludes halogenated alkanes) is 2. The van der Waals surface area contributed by atoms with Crippen molar-refractivity contribution >= 4 is 24.1 Å². The second-order valence-corrected chi connectivity index (χ2v) is 6.00. The number of nitrogens with one attached hydrogen (secondary N) is 3. The fourth-order valence-corrected chi connectivity index (χ4v) is 2.13. The molecule has 160 valence electrons. The van der Waals surface area contributed by atoms with E-state index in [-0.39, 0.29) is 30.6 Å². The topological polar surface area (TPSA) is 155 Å². The fraction of sp³-hybridized carbons (Fsp3) is 0.500. The van der Waals surface area contributed by atoms with Crippen LogP contribution in [0.2, 0.25) is 0 Å². The van der Waals surface area contributed by atoms with E-state index in [1.807, 2.05) is 0 Å². The minimum absolute atomic E-state index is 0.0150. The lowest BCUT2D eigenvalue weighted by atomic mass is 10.2. The summed E-state index contributed by atoms with van der Waals surface area (Å²) >= 11 is 0. The third kappa shape index (κ3) is 14.4. The largest absolute Gasteiger partial charge is 0.481 e. The van der Waals surface area contributed by atoms with E-state index in [0.29, 0.717) is 25.1 Å². The molecule has 0 radical (unpaired) electrons. The third-order valence-electron chi connectivity index (χ3n) is 3.58. The van der Waals surface area contributed by atoms with Crippen LogP contribution in [0.15, 0.2) is 18.3 Å². The molecule has 1 aromatic rings. The van der Waals surface area contributed by atoms with Crippen LogP contribution in [0.1, 0.15) is 49.4 Å². The number of nitrogens with zero attached hydrogens (tertiary/aromatic N) is 1. The number of hydrogen-bond acceptors (Lipinski definition) is 6. The molecule has 4 N–H and O–H groups in total. The lowest BCUT2D eigenvalue weighted by molar-refractivity contribution is -0.191. The monoisotopic (exact) mass is 411 g/mol. The number of rotatable bonds is 11. The van der Waals surface area contributed by atoms with Gasteiger partial charge in [-0.25, -0.2) is 9.78 Å². The molecule has 0 bridgehead atoms. The number of urea groups is 1. The summed E-state index contributed by atoms with van der Waals surface area (Å²) in [6.07, 6.45) is 4.15. The molecule has 1 aromatic heterocycles. The van der Waals surface area contributed by atoms with E-state index >= 15 is 0 Å². The summed E-state index contributed by atoms with van der Waals surface area (Å²) < 4.78 is 12.7. The number of carboxylic acid groups (broad SMARTS) is 1. The minimum atomic E-state index is -0.887. The van der Waals surface area contributed by atoms with Crippen molar-refractivity contribution in [1.29, 1.82) is 0 Å². The van der Waals surface area contributed by atoms with Crippen LogP contribution < -0.4 is 16.0 Å². The molecular formula is C18H25FN4O6. The molecule has 0 aliphatic heterocycles. The van der Waals surface area contributed by atoms with Crippen molar-refractivity contribution in [2.45, 2.75) is 45.1 Å². The Kier molecular flexibility index (Phi) is 13.9. The van der Waals surface area contributed by atoms with E-state index in [9.17, 15) is 18.8 Å². The highest BCUT2D eigenvalue weighted by Gasteiger charge is 2.08. The average Bonchev–Trinajstić information content (AvgIpc) is 2.66. The van der Waals surface area contributed by atoms with Crippen molar-refractivity contribution in [3.63, 3.8) is 0 Å². The molecule has 0 spiro atoms. The number of halogens is 1. The summed E-state index contributed by atoms with van der Waals surface area (Å²) in [6, 6.07) is 1.98. The summed E-state index contributed by atoms with van der Waals surface area (Å²) in [4.78, 5) is 53.5. The Morgan fingerprint density at radius 1 is 1.14 bits per heavy atom. The first-order valence-corrected chi connectivity index (χ1v) is 8.95. The molecule has 1 heterocycles. The van der Waals surface area contributed by atoms with Crippen molar-refractivity contribution in [3.05, 3.63) is 29.8 Å². The molecule has 10 nitrogen and oxygen atoms in total. The predicted molar refractivity (Wildman–Crippen MR) is 98.3 cm³/mol. The fourth-order valence-electron chi connectivity index (χ4n) is 2.13. The SMILES string of the molecule is CC(CCC(=O)O)NC(=O)NCCCCCNC(=O)c1ccc([18F])nc1.O=C=O. The average molecular weight is 411 g/mol. The van der Waals surface area contributed by atoms with Crippen molar-refractivity contribution in [2.24, 2.45) is 0 Å². The van der Waals surface area contributed by atoms with Crippen LogP contribution in [0.25, 0.3) is 0 Å². The number of amides is 3. The van der Waals surface area contributed by atoms with E-state index in [0.717, 1.165) is 25.3 Å². The lowest BCUT2D eigenvalue weighted by Gasteiger charge is -2.13. The van der Waals surface area contributed by atoms with Crippen LogP contribution in [0.5, 0.6) is 0 Å². The van der Waals surface area contributed by atoms with E-state index in [4.69, 9.17) is 14.7 Å². The second kappa shape index (κ2) is 15.7. The molecule has 1 atom stereocenters. The second-order valence-electron chi connectivity index (χ2n) is 6.00. The first kappa shape index (κ1) is 25.7. The number of aliphatic carboxylic acids is 1. The zero-order valence-electron chi connectivity index (χ0n) is 16.1. The molecule has 0 aliphatic carbocycles. The van der Waals surface area contributed by atoms with Gasteiger partial charge < -0.3 is 21.1 Å². The molecule has 0 aliphatic rings. The maximum atomic E-state index is 12.7. The van der Waals surface area contributed by atoms with Gasteiger partial charge in [-0.05, 0) is 44.7 Å². The van der Waals surface area contributed by atoms with Crippen LogP contribution in [0.4, 0.5) is 9.18 Å². The van der Waals surface area contributed by atoms with Crippen molar-refractivity contribution in [1.82, 2.24) is 20.9 Å². The van der Waals surface area contributed by atoms with Crippen molar-refractivity contribution in [3.8, 4) is 0 Å². The number of hydrogen-bond donors (Lipinski definition) is 4. The van der Waals surface area contributed by atoms with Crippen molar-refractivity contribution < 1.29 is 33.5 Å². The molecule has 29 heavy (non-hydrogen) atoms. The van der Waals surface area contributed by atoms with Crippen LogP contribution in [0.3, 0.4) is 0 Å². The van der Waals surface area contributed by atoms with Gasteiger partial charge in [0.05, 0.1) is 5.56 Å². The highest BCUT2D eigenvalue weighted by atomic mass is 18.2. The van der Waals surface area contributed by atoms with Gasteiger partial charge in [-0.1, -0.05) is 0 Å². The molecule has 3 amide bonds. The summed E-state index contributed by atoms with van der Waals surface area (Å²) in [5.74, 6) is -1.82. The summed E-state index contributed by atoms with van der Waals surface area (Å²) in [6.45, 7) is 2.73. The maximum absolute atomic E-state index is 12.7. The van der Waals surface area contributed by atoms with Gasteiger partial charge in [0.2, 0.25) is 5.95 Å². The van der Waals surface area contributed by atoms with E-state index in [1.54, 1.807) is 6.92 Å². The molecule has 0 saturated heterocycles. The maximum Gasteiger partial charge on any atom is 0.373 e. The Bertz CT molecular complexity index is 677. The normalized spacial score (nSPS) is 10.6. The van der Waals surface area contributed by atoms with Gasteiger partial charge in [0, 0.05) is 31.7 Å². The van der Waals surface area contributed by atoms with Gasteiger partial charge >= 0.3 is 18.2 Å². The summed E-state index contributed by atoms with van der Waals surface area (Å²) in [5, 5.41) is 16.7. The van der Waals surface area contributed by atoms with Crippen LogP contribution in [-0.4, -0.2) is 53.3 Å². The Labute approximate surface area is 167 Å². The number of carboxylic acids is 1. The van der Waals surface area contributed by atoms with Gasteiger partial charge in [0.25, 0.3) is 5.91 Å². The van der Waals surface area contributed by atoms with Gasteiger partial charge in [-0.2, -0.15) is 14.0 Å². The summed E-state index contributed by atoms with van der Waals surface area (Å²) in [7, 11) is 0. The molecular weight excluding hydrogens is 386 g/mol. The molecule has 0 fully saturated rings. The lowest BCUT2D eigenvalue weighted by Crippen LogP contribution is -2.41. The van der Waals surface area contributed by atoms with Gasteiger partial charge in [-0.3, -0.25) is 9.59 Å². The molecule has 1 unspecified atom stereocenters. The number of carbonyl (C=O) groups is 3. The Balaban J connectivity index is 0.00000245. The molecule has 0 saturated carbocycles. The van der Waals surface area contributed by atoms with E-state index in [2.05, 4.69) is 20.9 Å². The zero-order chi connectivity index (χ0) is 22.1. The smallest absolute Gasteiger partial charge is 0.373 e.